The molecule has 2 heterocycles. The van der Waals surface area contributed by atoms with Crippen molar-refractivity contribution >= 4 is 28.9 Å². The number of imidazole rings is 1. The van der Waals surface area contributed by atoms with Crippen LogP contribution in [0.1, 0.15) is 5.56 Å². The molecule has 0 aliphatic heterocycles. The Morgan fingerprint density at radius 2 is 1.50 bits per heavy atom. The third kappa shape index (κ3) is 3.90. The first kappa shape index (κ1) is 19.3. The Kier molecular flexibility index (Phi) is 4.78. The molecule has 2 aromatic heterocycles. The van der Waals surface area contributed by atoms with Crippen LogP contribution in [-0.4, -0.2) is 15.4 Å². The zero-order valence-corrected chi connectivity index (χ0v) is 15.4. The average Bonchev–Trinajstić information content (AvgIpc) is 3.09. The second-order valence-electron chi connectivity index (χ2n) is 6.52. The van der Waals surface area contributed by atoms with Crippen LogP contribution in [-0.2, 0) is 6.18 Å². The first-order valence-electron chi connectivity index (χ1n) is 8.89. The van der Waals surface area contributed by atoms with Crippen LogP contribution in [0.4, 0.5) is 35.3 Å². The minimum Gasteiger partial charge on any atom is -0.369 e. The normalized spacial score (nSPS) is 11.4. The maximum absolute atomic E-state index is 12.6. The first-order valence-corrected chi connectivity index (χ1v) is 8.89. The lowest BCUT2D eigenvalue weighted by atomic mass is 10.1. The van der Waals surface area contributed by atoms with Crippen LogP contribution >= 0.6 is 0 Å². The zero-order valence-electron chi connectivity index (χ0n) is 15.4. The number of rotatable bonds is 3. The second kappa shape index (κ2) is 7.43. The number of fused-ring (bicyclic) bond motifs is 1. The lowest BCUT2D eigenvalue weighted by Gasteiger charge is -2.11. The van der Waals surface area contributed by atoms with Crippen molar-refractivity contribution in [1.82, 2.24) is 9.38 Å². The molecule has 30 heavy (non-hydrogen) atoms. The molecule has 0 aliphatic carbocycles. The molecule has 9 heteroatoms. The number of anilines is 3. The lowest BCUT2D eigenvalue weighted by Crippen LogP contribution is -2.19. The Morgan fingerprint density at radius 1 is 0.900 bits per heavy atom. The molecule has 2 amide bonds. The minimum absolute atomic E-state index is 0.249. The molecule has 4 N–H and O–H groups in total. The van der Waals surface area contributed by atoms with Crippen molar-refractivity contribution in [3.05, 3.63) is 78.5 Å². The molecule has 152 valence electrons. The third-order valence-corrected chi connectivity index (χ3v) is 4.49. The number of nitrogen functional groups attached to an aromatic ring is 1. The largest absolute Gasteiger partial charge is 0.416 e. The van der Waals surface area contributed by atoms with Gasteiger partial charge in [-0.3, -0.25) is 4.40 Å². The fourth-order valence-electron chi connectivity index (χ4n) is 3.06. The molecule has 0 fully saturated rings. The standard InChI is InChI=1S/C21H16F3N5O/c22-21(23,24)14-6-10-16(11-7-14)28-20(30)27-15-8-4-13(5-9-15)18-3-1-2-17-12-26-19(25)29(17)18/h1-12H,(H2,25,26)(H2,27,28,30). The summed E-state index contributed by atoms with van der Waals surface area (Å²) >= 11 is 0. The van der Waals surface area contributed by atoms with Crippen molar-refractivity contribution in [2.24, 2.45) is 0 Å². The number of hydrogen-bond donors (Lipinski definition) is 3. The van der Waals surface area contributed by atoms with Crippen LogP contribution in [0.5, 0.6) is 0 Å². The zero-order chi connectivity index (χ0) is 21.3. The number of aromatic nitrogens is 2. The number of halogens is 3. The summed E-state index contributed by atoms with van der Waals surface area (Å²) < 4.78 is 39.6. The number of carbonyl (C=O) groups is 1. The van der Waals surface area contributed by atoms with E-state index < -0.39 is 17.8 Å². The van der Waals surface area contributed by atoms with Gasteiger partial charge in [0.05, 0.1) is 23.0 Å². The molecule has 0 saturated heterocycles. The summed E-state index contributed by atoms with van der Waals surface area (Å²) in [4.78, 5) is 16.2. The van der Waals surface area contributed by atoms with E-state index in [1.807, 2.05) is 34.7 Å². The Bertz CT molecular complexity index is 1200. The number of amides is 2. The van der Waals surface area contributed by atoms with E-state index in [9.17, 15) is 18.0 Å². The molecule has 4 aromatic rings. The van der Waals surface area contributed by atoms with Gasteiger partial charge in [-0.2, -0.15) is 13.2 Å². The van der Waals surface area contributed by atoms with Gasteiger partial charge in [0, 0.05) is 11.4 Å². The number of pyridine rings is 1. The van der Waals surface area contributed by atoms with Gasteiger partial charge in [0.2, 0.25) is 5.95 Å². The van der Waals surface area contributed by atoms with Crippen LogP contribution in [0.3, 0.4) is 0 Å². The quantitative estimate of drug-likeness (QED) is 0.431. The minimum atomic E-state index is -4.42. The molecular weight excluding hydrogens is 395 g/mol. The van der Waals surface area contributed by atoms with Gasteiger partial charge < -0.3 is 16.4 Å². The summed E-state index contributed by atoms with van der Waals surface area (Å²) in [6.07, 6.45) is -2.74. The van der Waals surface area contributed by atoms with Crippen molar-refractivity contribution in [3.8, 4) is 11.3 Å². The highest BCUT2D eigenvalue weighted by atomic mass is 19.4. The molecule has 0 spiro atoms. The lowest BCUT2D eigenvalue weighted by molar-refractivity contribution is -0.137. The predicted molar refractivity (Wildman–Crippen MR) is 109 cm³/mol. The van der Waals surface area contributed by atoms with Crippen molar-refractivity contribution in [2.75, 3.05) is 16.4 Å². The number of nitrogens with zero attached hydrogens (tertiary/aromatic N) is 2. The van der Waals surface area contributed by atoms with Crippen LogP contribution in [0.2, 0.25) is 0 Å². The molecule has 0 radical (unpaired) electrons. The van der Waals surface area contributed by atoms with Crippen molar-refractivity contribution in [1.29, 1.82) is 0 Å². The number of nitrogens with one attached hydrogen (secondary N) is 2. The van der Waals surface area contributed by atoms with Crippen LogP contribution < -0.4 is 16.4 Å². The monoisotopic (exact) mass is 411 g/mol. The maximum Gasteiger partial charge on any atom is 0.416 e. The van der Waals surface area contributed by atoms with Gasteiger partial charge in [-0.05, 0) is 54.1 Å². The number of hydrogen-bond acceptors (Lipinski definition) is 3. The molecular formula is C21H16F3N5O. The first-order chi connectivity index (χ1) is 14.3. The second-order valence-corrected chi connectivity index (χ2v) is 6.52. The highest BCUT2D eigenvalue weighted by molar-refractivity contribution is 5.99. The molecule has 0 saturated carbocycles. The molecule has 2 aromatic carbocycles. The Morgan fingerprint density at radius 3 is 2.10 bits per heavy atom. The number of nitrogens with two attached hydrogens (primary N) is 1. The Labute approximate surface area is 169 Å². The van der Waals surface area contributed by atoms with Crippen LogP contribution in [0.15, 0.2) is 72.9 Å². The van der Waals surface area contributed by atoms with Gasteiger partial charge in [0.1, 0.15) is 0 Å². The van der Waals surface area contributed by atoms with Gasteiger partial charge in [0.25, 0.3) is 0 Å². The Balaban J connectivity index is 1.46. The van der Waals surface area contributed by atoms with Crippen molar-refractivity contribution in [3.63, 3.8) is 0 Å². The molecule has 0 unspecified atom stereocenters. The fourth-order valence-corrected chi connectivity index (χ4v) is 3.06. The molecule has 4 rings (SSSR count). The van der Waals surface area contributed by atoms with Crippen LogP contribution in [0, 0.1) is 0 Å². The van der Waals surface area contributed by atoms with E-state index in [1.54, 1.807) is 18.3 Å². The summed E-state index contributed by atoms with van der Waals surface area (Å²) in [5.41, 5.74) is 8.52. The third-order valence-electron chi connectivity index (χ3n) is 4.49. The fraction of sp³-hybridized carbons (Fsp3) is 0.0476. The van der Waals surface area contributed by atoms with Crippen molar-refractivity contribution < 1.29 is 18.0 Å². The number of benzene rings is 2. The maximum atomic E-state index is 12.6. The molecule has 0 aliphatic rings. The van der Waals surface area contributed by atoms with E-state index in [2.05, 4.69) is 15.6 Å². The summed E-state index contributed by atoms with van der Waals surface area (Å²) in [6, 6.07) is 16.4. The number of carbonyl (C=O) groups excluding carboxylic acids is 1. The molecule has 0 atom stereocenters. The Hall–Kier alpha value is -4.01. The number of urea groups is 1. The predicted octanol–water partition coefficient (Wildman–Crippen LogP) is 5.25. The van der Waals surface area contributed by atoms with Gasteiger partial charge in [-0.25, -0.2) is 9.78 Å². The summed E-state index contributed by atoms with van der Waals surface area (Å²) in [7, 11) is 0. The smallest absolute Gasteiger partial charge is 0.369 e. The van der Waals surface area contributed by atoms with Crippen LogP contribution in [0.25, 0.3) is 16.8 Å². The van der Waals surface area contributed by atoms with Crippen molar-refractivity contribution in [2.45, 2.75) is 6.18 Å². The number of alkyl halides is 3. The molecule has 6 nitrogen and oxygen atoms in total. The summed E-state index contributed by atoms with van der Waals surface area (Å²) in [5.74, 6) is 0.374. The van der Waals surface area contributed by atoms with Gasteiger partial charge in [-0.15, -0.1) is 0 Å². The van der Waals surface area contributed by atoms with E-state index in [-0.39, 0.29) is 5.69 Å². The molecule has 0 bridgehead atoms. The topological polar surface area (TPSA) is 84.4 Å². The summed E-state index contributed by atoms with van der Waals surface area (Å²) in [6.45, 7) is 0. The van der Waals surface area contributed by atoms with E-state index in [0.29, 0.717) is 11.6 Å². The van der Waals surface area contributed by atoms with Gasteiger partial charge >= 0.3 is 12.2 Å². The van der Waals surface area contributed by atoms with Gasteiger partial charge in [0.15, 0.2) is 0 Å². The highest BCUT2D eigenvalue weighted by Crippen LogP contribution is 2.30. The summed E-state index contributed by atoms with van der Waals surface area (Å²) in [5, 5.41) is 5.14. The van der Waals surface area contributed by atoms with E-state index >= 15 is 0 Å². The van der Waals surface area contributed by atoms with E-state index in [4.69, 9.17) is 5.73 Å². The van der Waals surface area contributed by atoms with Gasteiger partial charge in [-0.1, -0.05) is 18.2 Å². The SMILES string of the molecule is Nc1ncc2cccc(-c3ccc(NC(=O)Nc4ccc(C(F)(F)F)cc4)cc3)n12. The van der Waals surface area contributed by atoms with E-state index in [1.165, 1.54) is 12.1 Å². The van der Waals surface area contributed by atoms with E-state index in [0.717, 1.165) is 28.9 Å². The highest BCUT2D eigenvalue weighted by Gasteiger charge is 2.29. The average molecular weight is 411 g/mol.